The van der Waals surface area contributed by atoms with Gasteiger partial charge in [0.25, 0.3) is 0 Å². The van der Waals surface area contributed by atoms with E-state index in [9.17, 15) is 0 Å². The molecular formula is C16H16ClN3O. The largest absolute Gasteiger partial charge is 0.464 e. The van der Waals surface area contributed by atoms with Crippen molar-refractivity contribution < 1.29 is 4.42 Å². The molecule has 1 unspecified atom stereocenters. The summed E-state index contributed by atoms with van der Waals surface area (Å²) in [6.45, 7) is 3.98. The predicted molar refractivity (Wildman–Crippen MR) is 84.1 cm³/mol. The molecule has 108 valence electrons. The maximum atomic E-state index is 6.12. The maximum absolute atomic E-state index is 6.12. The van der Waals surface area contributed by atoms with Gasteiger partial charge in [-0.2, -0.15) is 5.10 Å². The van der Waals surface area contributed by atoms with Crippen molar-refractivity contribution in [2.75, 3.05) is 5.32 Å². The molecule has 0 saturated carbocycles. The van der Waals surface area contributed by atoms with Gasteiger partial charge in [0.2, 0.25) is 0 Å². The lowest BCUT2D eigenvalue weighted by atomic mass is 10.2. The van der Waals surface area contributed by atoms with Crippen molar-refractivity contribution in [2.45, 2.75) is 19.9 Å². The van der Waals surface area contributed by atoms with Crippen LogP contribution in [-0.4, -0.2) is 9.78 Å². The quantitative estimate of drug-likeness (QED) is 0.766. The molecule has 0 radical (unpaired) electrons. The van der Waals surface area contributed by atoms with Crippen molar-refractivity contribution in [1.29, 1.82) is 0 Å². The van der Waals surface area contributed by atoms with Crippen molar-refractivity contribution in [3.8, 4) is 5.69 Å². The summed E-state index contributed by atoms with van der Waals surface area (Å²) >= 11 is 6.12. The van der Waals surface area contributed by atoms with Gasteiger partial charge in [-0.15, -0.1) is 0 Å². The number of hydrogen-bond acceptors (Lipinski definition) is 3. The molecule has 21 heavy (non-hydrogen) atoms. The monoisotopic (exact) mass is 301 g/mol. The number of nitrogens with one attached hydrogen (secondary N) is 1. The Labute approximate surface area is 128 Å². The first-order valence-electron chi connectivity index (χ1n) is 6.76. The Morgan fingerprint density at radius 2 is 2.14 bits per heavy atom. The van der Waals surface area contributed by atoms with Crippen LogP contribution in [0.25, 0.3) is 5.69 Å². The summed E-state index contributed by atoms with van der Waals surface area (Å²) in [5.41, 5.74) is 1.85. The molecule has 0 amide bonds. The van der Waals surface area contributed by atoms with Crippen LogP contribution < -0.4 is 5.32 Å². The molecule has 0 bridgehead atoms. The molecule has 3 rings (SSSR count). The Morgan fingerprint density at radius 3 is 2.81 bits per heavy atom. The van der Waals surface area contributed by atoms with Crippen LogP contribution in [0, 0.1) is 6.92 Å². The van der Waals surface area contributed by atoms with Crippen LogP contribution in [-0.2, 0) is 0 Å². The highest BCUT2D eigenvalue weighted by atomic mass is 35.5. The fraction of sp³-hybridized carbons (Fsp3) is 0.188. The second-order valence-electron chi connectivity index (χ2n) is 4.93. The van der Waals surface area contributed by atoms with Gasteiger partial charge in [0.05, 0.1) is 17.4 Å². The lowest BCUT2D eigenvalue weighted by molar-refractivity contribution is 0.467. The summed E-state index contributed by atoms with van der Waals surface area (Å²) in [4.78, 5) is 0. The fourth-order valence-corrected chi connectivity index (χ4v) is 2.40. The van der Waals surface area contributed by atoms with Crippen molar-refractivity contribution in [3.05, 3.63) is 65.3 Å². The third-order valence-corrected chi connectivity index (χ3v) is 3.50. The van der Waals surface area contributed by atoms with E-state index in [4.69, 9.17) is 16.0 Å². The first-order valence-corrected chi connectivity index (χ1v) is 7.14. The van der Waals surface area contributed by atoms with Crippen molar-refractivity contribution in [2.24, 2.45) is 0 Å². The summed E-state index contributed by atoms with van der Waals surface area (Å²) in [6, 6.07) is 11.5. The zero-order valence-electron chi connectivity index (χ0n) is 11.9. The molecule has 0 saturated heterocycles. The van der Waals surface area contributed by atoms with Crippen molar-refractivity contribution in [1.82, 2.24) is 9.78 Å². The van der Waals surface area contributed by atoms with Crippen molar-refractivity contribution >= 4 is 17.3 Å². The number of hydrogen-bond donors (Lipinski definition) is 1. The average Bonchev–Trinajstić information content (AvgIpc) is 3.10. The number of rotatable bonds is 4. The lowest BCUT2D eigenvalue weighted by Gasteiger charge is -2.17. The molecule has 0 aliphatic rings. The Bertz CT molecular complexity index is 734. The van der Waals surface area contributed by atoms with E-state index in [0.717, 1.165) is 22.9 Å². The molecular weight excluding hydrogens is 286 g/mol. The van der Waals surface area contributed by atoms with Gasteiger partial charge >= 0.3 is 0 Å². The number of aryl methyl sites for hydroxylation is 1. The zero-order valence-corrected chi connectivity index (χ0v) is 12.6. The van der Waals surface area contributed by atoms with E-state index in [-0.39, 0.29) is 6.04 Å². The number of halogens is 1. The second kappa shape index (κ2) is 5.66. The van der Waals surface area contributed by atoms with Gasteiger partial charge in [0, 0.05) is 17.4 Å². The number of benzene rings is 1. The minimum atomic E-state index is 0.0338. The summed E-state index contributed by atoms with van der Waals surface area (Å²) in [7, 11) is 0. The van der Waals surface area contributed by atoms with Crippen LogP contribution in [0.2, 0.25) is 5.02 Å². The Morgan fingerprint density at radius 1 is 1.29 bits per heavy atom. The third kappa shape index (κ3) is 2.95. The molecule has 2 aromatic heterocycles. The van der Waals surface area contributed by atoms with E-state index in [1.807, 2.05) is 56.4 Å². The Hall–Kier alpha value is -2.20. The number of furan rings is 1. The van der Waals surface area contributed by atoms with Crippen LogP contribution in [0.4, 0.5) is 5.69 Å². The SMILES string of the molecule is Cc1ccc(C(C)Nc2cc(Cl)ccc2-n2cccn2)o1. The minimum absolute atomic E-state index is 0.0338. The van der Waals surface area contributed by atoms with Gasteiger partial charge in [0.1, 0.15) is 11.5 Å². The summed E-state index contributed by atoms with van der Waals surface area (Å²) in [5.74, 6) is 1.79. The van der Waals surface area contributed by atoms with Gasteiger partial charge in [-0.3, -0.25) is 0 Å². The molecule has 0 fully saturated rings. The highest BCUT2D eigenvalue weighted by Gasteiger charge is 2.13. The molecule has 1 aromatic carbocycles. The van der Waals surface area contributed by atoms with E-state index in [2.05, 4.69) is 10.4 Å². The van der Waals surface area contributed by atoms with Crippen LogP contribution in [0.3, 0.4) is 0 Å². The average molecular weight is 302 g/mol. The van der Waals surface area contributed by atoms with E-state index in [0.29, 0.717) is 5.02 Å². The van der Waals surface area contributed by atoms with E-state index < -0.39 is 0 Å². The first-order chi connectivity index (χ1) is 10.1. The second-order valence-corrected chi connectivity index (χ2v) is 5.36. The molecule has 0 aliphatic heterocycles. The van der Waals surface area contributed by atoms with Gasteiger partial charge in [-0.1, -0.05) is 11.6 Å². The molecule has 1 N–H and O–H groups in total. The lowest BCUT2D eigenvalue weighted by Crippen LogP contribution is -2.09. The smallest absolute Gasteiger partial charge is 0.126 e. The number of aromatic nitrogens is 2. The Kier molecular flexibility index (Phi) is 3.71. The highest BCUT2D eigenvalue weighted by Crippen LogP contribution is 2.28. The molecule has 3 aromatic rings. The van der Waals surface area contributed by atoms with Crippen molar-refractivity contribution in [3.63, 3.8) is 0 Å². The standard InChI is InChI=1S/C16H16ClN3O/c1-11-4-7-16(21-11)12(2)19-14-10-13(17)5-6-15(14)20-9-3-8-18-20/h3-10,12,19H,1-2H3. The van der Waals surface area contributed by atoms with E-state index in [1.165, 1.54) is 0 Å². The molecule has 2 heterocycles. The Balaban J connectivity index is 1.92. The summed E-state index contributed by atoms with van der Waals surface area (Å²) in [6.07, 6.45) is 3.65. The van der Waals surface area contributed by atoms with Gasteiger partial charge in [-0.25, -0.2) is 4.68 Å². The predicted octanol–water partition coefficient (Wildman–Crippen LogP) is 4.60. The summed E-state index contributed by atoms with van der Waals surface area (Å²) < 4.78 is 7.46. The zero-order chi connectivity index (χ0) is 14.8. The maximum Gasteiger partial charge on any atom is 0.126 e. The van der Waals surface area contributed by atoms with Crippen LogP contribution >= 0.6 is 11.6 Å². The normalized spacial score (nSPS) is 12.3. The summed E-state index contributed by atoms with van der Waals surface area (Å²) in [5, 5.41) is 8.38. The molecule has 1 atom stereocenters. The van der Waals surface area contributed by atoms with Gasteiger partial charge < -0.3 is 9.73 Å². The number of nitrogens with zero attached hydrogens (tertiary/aromatic N) is 2. The van der Waals surface area contributed by atoms with Gasteiger partial charge in [0.15, 0.2) is 0 Å². The highest BCUT2D eigenvalue weighted by molar-refractivity contribution is 6.31. The molecule has 0 spiro atoms. The van der Waals surface area contributed by atoms with Crippen LogP contribution in [0.5, 0.6) is 0 Å². The van der Waals surface area contributed by atoms with Crippen LogP contribution in [0.15, 0.2) is 53.2 Å². The number of anilines is 1. The fourth-order valence-electron chi connectivity index (χ4n) is 2.23. The minimum Gasteiger partial charge on any atom is -0.464 e. The molecule has 5 heteroatoms. The van der Waals surface area contributed by atoms with E-state index in [1.54, 1.807) is 10.9 Å². The molecule has 4 nitrogen and oxygen atoms in total. The topological polar surface area (TPSA) is 43.0 Å². The molecule has 0 aliphatic carbocycles. The van der Waals surface area contributed by atoms with Gasteiger partial charge in [-0.05, 0) is 50.2 Å². The van der Waals surface area contributed by atoms with Crippen LogP contribution in [0.1, 0.15) is 24.5 Å². The van der Waals surface area contributed by atoms with E-state index >= 15 is 0 Å². The third-order valence-electron chi connectivity index (χ3n) is 3.27. The first kappa shape index (κ1) is 13.8.